The Morgan fingerprint density at radius 3 is 2.75 bits per heavy atom. The van der Waals surface area contributed by atoms with E-state index in [1.165, 1.54) is 21.6 Å². The van der Waals surface area contributed by atoms with Gasteiger partial charge in [-0.1, -0.05) is 19.1 Å². The number of rotatable bonds is 3. The average molecular weight is 231 g/mol. The molecule has 0 fully saturated rings. The van der Waals surface area contributed by atoms with Crippen LogP contribution in [0.1, 0.15) is 30.4 Å². The number of hydrogen-bond donors (Lipinski definition) is 0. The number of hydrogen-bond acceptors (Lipinski definition) is 2. The van der Waals surface area contributed by atoms with Crippen molar-refractivity contribution < 1.29 is 0 Å². The van der Waals surface area contributed by atoms with Gasteiger partial charge in [-0.2, -0.15) is 0 Å². The van der Waals surface area contributed by atoms with Crippen LogP contribution in [0.25, 0.3) is 0 Å². The molecule has 0 saturated heterocycles. The number of benzene rings is 1. The topological polar surface area (TPSA) is 12.4 Å². The summed E-state index contributed by atoms with van der Waals surface area (Å²) in [6.45, 7) is 4.44. The first-order valence-corrected chi connectivity index (χ1v) is 6.80. The van der Waals surface area contributed by atoms with Crippen LogP contribution in [0.3, 0.4) is 0 Å². The molecule has 1 aromatic rings. The summed E-state index contributed by atoms with van der Waals surface area (Å²) in [5.74, 6) is 0.483. The van der Waals surface area contributed by atoms with Gasteiger partial charge in [-0.3, -0.25) is 4.99 Å². The highest BCUT2D eigenvalue weighted by Crippen LogP contribution is 2.30. The molecule has 0 radical (unpaired) electrons. The zero-order valence-electron chi connectivity index (χ0n) is 10.0. The Hall–Kier alpha value is -1.02. The Morgan fingerprint density at radius 2 is 2.19 bits per heavy atom. The largest absolute Gasteiger partial charge is 0.269 e. The van der Waals surface area contributed by atoms with E-state index >= 15 is 0 Å². The molecule has 0 aliphatic carbocycles. The molecule has 1 aliphatic heterocycles. The van der Waals surface area contributed by atoms with Gasteiger partial charge in [0.15, 0.2) is 0 Å². The maximum Gasteiger partial charge on any atom is 0.0265 e. The second kappa shape index (κ2) is 4.88. The van der Waals surface area contributed by atoms with Crippen LogP contribution < -0.4 is 0 Å². The van der Waals surface area contributed by atoms with Crippen LogP contribution in [-0.2, 0) is 0 Å². The van der Waals surface area contributed by atoms with E-state index in [9.17, 15) is 0 Å². The minimum absolute atomic E-state index is 0.483. The van der Waals surface area contributed by atoms with Gasteiger partial charge >= 0.3 is 0 Å². The SMILES string of the molecule is CSc1ccc(C(C)C2=CN=CC2)cc1C. The molecule has 0 N–H and O–H groups in total. The maximum atomic E-state index is 4.18. The van der Waals surface area contributed by atoms with Crippen molar-refractivity contribution in [3.8, 4) is 0 Å². The lowest BCUT2D eigenvalue weighted by atomic mass is 9.91. The minimum Gasteiger partial charge on any atom is -0.269 e. The van der Waals surface area contributed by atoms with Crippen molar-refractivity contribution in [2.45, 2.75) is 31.1 Å². The predicted octanol–water partition coefficient (Wildman–Crippen LogP) is 4.18. The maximum absolute atomic E-state index is 4.18. The summed E-state index contributed by atoms with van der Waals surface area (Å²) in [6, 6.07) is 6.76. The molecule has 0 spiro atoms. The van der Waals surface area contributed by atoms with E-state index < -0.39 is 0 Å². The number of aryl methyl sites for hydroxylation is 1. The molecular weight excluding hydrogens is 214 g/mol. The first-order valence-electron chi connectivity index (χ1n) is 5.57. The van der Waals surface area contributed by atoms with E-state index in [1.807, 2.05) is 24.2 Å². The molecule has 0 aromatic heterocycles. The first-order chi connectivity index (χ1) is 7.72. The molecule has 1 aromatic carbocycles. The first kappa shape index (κ1) is 11.5. The zero-order valence-corrected chi connectivity index (χ0v) is 10.8. The lowest BCUT2D eigenvalue weighted by Crippen LogP contribution is -1.98. The van der Waals surface area contributed by atoms with Crippen LogP contribution in [0.5, 0.6) is 0 Å². The summed E-state index contributed by atoms with van der Waals surface area (Å²) in [4.78, 5) is 5.54. The van der Waals surface area contributed by atoms with Gasteiger partial charge in [0.2, 0.25) is 0 Å². The van der Waals surface area contributed by atoms with Gasteiger partial charge in [-0.25, -0.2) is 0 Å². The normalized spacial score (nSPS) is 16.3. The summed E-state index contributed by atoms with van der Waals surface area (Å²) >= 11 is 1.81. The highest BCUT2D eigenvalue weighted by molar-refractivity contribution is 7.98. The van der Waals surface area contributed by atoms with Gasteiger partial charge in [0.1, 0.15) is 0 Å². The lowest BCUT2D eigenvalue weighted by Gasteiger charge is -2.14. The molecule has 0 saturated carbocycles. The van der Waals surface area contributed by atoms with Crippen LogP contribution >= 0.6 is 11.8 Å². The van der Waals surface area contributed by atoms with Crippen LogP contribution in [0.4, 0.5) is 0 Å². The fourth-order valence-electron chi connectivity index (χ4n) is 2.03. The second-order valence-electron chi connectivity index (χ2n) is 4.19. The quantitative estimate of drug-likeness (QED) is 0.711. The van der Waals surface area contributed by atoms with E-state index in [4.69, 9.17) is 0 Å². The third-order valence-electron chi connectivity index (χ3n) is 3.15. The molecule has 2 rings (SSSR count). The summed E-state index contributed by atoms with van der Waals surface area (Å²) in [7, 11) is 0. The van der Waals surface area contributed by atoms with Crippen molar-refractivity contribution in [2.75, 3.05) is 6.26 Å². The lowest BCUT2D eigenvalue weighted by molar-refractivity contribution is 0.875. The highest BCUT2D eigenvalue weighted by atomic mass is 32.2. The summed E-state index contributed by atoms with van der Waals surface area (Å²) in [5, 5.41) is 0. The van der Waals surface area contributed by atoms with Crippen molar-refractivity contribution in [2.24, 2.45) is 4.99 Å². The van der Waals surface area contributed by atoms with Gasteiger partial charge in [0.05, 0.1) is 0 Å². The number of thioether (sulfide) groups is 1. The van der Waals surface area contributed by atoms with Crippen molar-refractivity contribution in [3.05, 3.63) is 41.1 Å². The molecule has 16 heavy (non-hydrogen) atoms. The highest BCUT2D eigenvalue weighted by Gasteiger charge is 2.13. The third-order valence-corrected chi connectivity index (χ3v) is 4.05. The third kappa shape index (κ3) is 2.22. The van der Waals surface area contributed by atoms with Crippen molar-refractivity contribution >= 4 is 18.0 Å². The van der Waals surface area contributed by atoms with E-state index in [0.29, 0.717) is 5.92 Å². The van der Waals surface area contributed by atoms with E-state index in [0.717, 1.165) is 6.42 Å². The Balaban J connectivity index is 2.24. The van der Waals surface area contributed by atoms with Gasteiger partial charge in [-0.05, 0) is 35.9 Å². The van der Waals surface area contributed by atoms with Crippen LogP contribution in [0, 0.1) is 6.92 Å². The standard InChI is InChI=1S/C14H17NS/c1-10-8-12(4-5-14(10)16-3)11(2)13-6-7-15-9-13/h4-5,7-9,11H,6H2,1-3H3. The van der Waals surface area contributed by atoms with Gasteiger partial charge in [0.25, 0.3) is 0 Å². The second-order valence-corrected chi connectivity index (χ2v) is 5.04. The van der Waals surface area contributed by atoms with E-state index in [1.54, 1.807) is 0 Å². The summed E-state index contributed by atoms with van der Waals surface area (Å²) < 4.78 is 0. The molecule has 1 atom stereocenters. The van der Waals surface area contributed by atoms with Crippen molar-refractivity contribution in [1.29, 1.82) is 0 Å². The Morgan fingerprint density at radius 1 is 1.38 bits per heavy atom. The van der Waals surface area contributed by atoms with Gasteiger partial charge < -0.3 is 0 Å². The zero-order chi connectivity index (χ0) is 11.5. The molecule has 0 amide bonds. The molecule has 1 nitrogen and oxygen atoms in total. The number of aliphatic imine (C=N–C) groups is 1. The van der Waals surface area contributed by atoms with E-state index in [2.05, 4.69) is 43.3 Å². The fraction of sp³-hybridized carbons (Fsp3) is 0.357. The fourth-order valence-corrected chi connectivity index (χ4v) is 2.62. The van der Waals surface area contributed by atoms with Gasteiger partial charge in [-0.15, -0.1) is 11.8 Å². The Bertz CT molecular complexity index is 446. The summed E-state index contributed by atoms with van der Waals surface area (Å²) in [6.07, 6.45) is 7.11. The smallest absolute Gasteiger partial charge is 0.0265 e. The molecule has 1 unspecified atom stereocenters. The Kier molecular flexibility index (Phi) is 3.49. The van der Waals surface area contributed by atoms with Crippen molar-refractivity contribution in [1.82, 2.24) is 0 Å². The Labute approximate surface area is 102 Å². The molecule has 0 bridgehead atoms. The number of allylic oxidation sites excluding steroid dienone is 1. The molecule has 84 valence electrons. The van der Waals surface area contributed by atoms with Gasteiger partial charge in [0, 0.05) is 29.6 Å². The molecule has 1 heterocycles. The average Bonchev–Trinajstić information content (AvgIpc) is 2.81. The van der Waals surface area contributed by atoms with Crippen LogP contribution in [0.15, 0.2) is 39.9 Å². The van der Waals surface area contributed by atoms with Crippen molar-refractivity contribution in [3.63, 3.8) is 0 Å². The monoisotopic (exact) mass is 231 g/mol. The van der Waals surface area contributed by atoms with Crippen LogP contribution in [-0.4, -0.2) is 12.5 Å². The molecule has 2 heteroatoms. The predicted molar refractivity (Wildman–Crippen MR) is 72.6 cm³/mol. The van der Waals surface area contributed by atoms with Crippen LogP contribution in [0.2, 0.25) is 0 Å². The van der Waals surface area contributed by atoms with E-state index in [-0.39, 0.29) is 0 Å². The molecular formula is C14H17NS. The summed E-state index contributed by atoms with van der Waals surface area (Å²) in [5.41, 5.74) is 4.18. The number of nitrogens with zero attached hydrogens (tertiary/aromatic N) is 1. The molecule has 1 aliphatic rings. The minimum atomic E-state index is 0.483.